The number of aromatic nitrogens is 1. The number of hydrogen-bond donors (Lipinski definition) is 1. The van der Waals surface area contributed by atoms with E-state index in [1.807, 2.05) is 11.9 Å². The van der Waals surface area contributed by atoms with Crippen LogP contribution in [0.25, 0.3) is 0 Å². The van der Waals surface area contributed by atoms with Crippen molar-refractivity contribution >= 4 is 47.2 Å². The van der Waals surface area contributed by atoms with Gasteiger partial charge < -0.3 is 19.9 Å². The Hall–Kier alpha value is -0.940. The topological polar surface area (TPSA) is 70.1 Å². The van der Waals surface area contributed by atoms with E-state index < -0.39 is 0 Å². The fraction of sp³-hybridized carbons (Fsp3) is 0.706. The standard InChI is InChI=1S/C17H29N5O2S.HI/c1-21(2)16(23)11-19-17(18-9-10-24-4)22(3)12-15-20-13-7-5-6-8-14(13)25-15;/h5-12H2,1-4H3,(H,18,19);1H. The number of thiazole rings is 1. The van der Waals surface area contributed by atoms with Crippen molar-refractivity contribution in [2.24, 2.45) is 4.99 Å². The summed E-state index contributed by atoms with van der Waals surface area (Å²) in [4.78, 5) is 26.1. The summed E-state index contributed by atoms with van der Waals surface area (Å²) in [5.41, 5.74) is 1.27. The highest BCUT2D eigenvalue weighted by molar-refractivity contribution is 14.0. The van der Waals surface area contributed by atoms with Gasteiger partial charge in [-0.15, -0.1) is 35.3 Å². The number of fused-ring (bicyclic) bond motifs is 1. The van der Waals surface area contributed by atoms with Crippen LogP contribution >= 0.6 is 35.3 Å². The molecular weight excluding hydrogens is 465 g/mol. The molecule has 0 bridgehead atoms. The second-order valence-corrected chi connectivity index (χ2v) is 7.56. The maximum atomic E-state index is 11.8. The van der Waals surface area contributed by atoms with Crippen LogP contribution in [-0.4, -0.2) is 74.6 Å². The number of guanidine groups is 1. The Morgan fingerprint density at radius 2 is 2.04 bits per heavy atom. The van der Waals surface area contributed by atoms with E-state index in [9.17, 15) is 4.79 Å². The van der Waals surface area contributed by atoms with Gasteiger partial charge in [0.1, 0.15) is 11.6 Å². The van der Waals surface area contributed by atoms with Crippen LogP contribution in [-0.2, 0) is 28.9 Å². The minimum Gasteiger partial charge on any atom is -0.383 e. The third-order valence-electron chi connectivity index (χ3n) is 4.08. The van der Waals surface area contributed by atoms with E-state index in [2.05, 4.69) is 10.3 Å². The van der Waals surface area contributed by atoms with Gasteiger partial charge in [-0.3, -0.25) is 4.79 Å². The molecule has 1 amide bonds. The summed E-state index contributed by atoms with van der Waals surface area (Å²) in [6.07, 6.45) is 4.76. The Kier molecular flexibility index (Phi) is 10.4. The number of carbonyl (C=O) groups is 1. The molecule has 148 valence electrons. The third-order valence-corrected chi connectivity index (χ3v) is 5.22. The predicted molar refractivity (Wildman–Crippen MR) is 117 cm³/mol. The maximum absolute atomic E-state index is 11.8. The molecule has 2 rings (SSSR count). The van der Waals surface area contributed by atoms with E-state index in [4.69, 9.17) is 9.72 Å². The Morgan fingerprint density at radius 1 is 1.31 bits per heavy atom. The molecule has 26 heavy (non-hydrogen) atoms. The second kappa shape index (κ2) is 11.7. The molecule has 0 saturated heterocycles. The number of hydrogen-bond acceptors (Lipinski definition) is 5. The molecule has 0 radical (unpaired) electrons. The molecule has 1 aliphatic rings. The van der Waals surface area contributed by atoms with Crippen LogP contribution in [0.5, 0.6) is 0 Å². The molecule has 1 aromatic rings. The van der Waals surface area contributed by atoms with Crippen molar-refractivity contribution in [2.75, 3.05) is 47.9 Å². The van der Waals surface area contributed by atoms with E-state index in [0.717, 1.165) is 17.8 Å². The van der Waals surface area contributed by atoms with Crippen LogP contribution in [0.1, 0.15) is 28.4 Å². The zero-order chi connectivity index (χ0) is 18.2. The van der Waals surface area contributed by atoms with Crippen LogP contribution in [0.2, 0.25) is 0 Å². The lowest BCUT2D eigenvalue weighted by molar-refractivity contribution is -0.127. The van der Waals surface area contributed by atoms with Gasteiger partial charge in [-0.1, -0.05) is 0 Å². The maximum Gasteiger partial charge on any atom is 0.243 e. The lowest BCUT2D eigenvalue weighted by Gasteiger charge is -2.21. The first-order valence-corrected chi connectivity index (χ1v) is 9.49. The average Bonchev–Trinajstić information content (AvgIpc) is 2.99. The van der Waals surface area contributed by atoms with E-state index in [-0.39, 0.29) is 36.4 Å². The zero-order valence-corrected chi connectivity index (χ0v) is 19.2. The van der Waals surface area contributed by atoms with Crippen LogP contribution < -0.4 is 5.32 Å². The van der Waals surface area contributed by atoms with Crippen molar-refractivity contribution in [1.29, 1.82) is 0 Å². The highest BCUT2D eigenvalue weighted by Gasteiger charge is 2.17. The summed E-state index contributed by atoms with van der Waals surface area (Å²) in [7, 11) is 7.11. The SMILES string of the molecule is COCCNC(=NCC(=O)N(C)C)N(C)Cc1nc2c(s1)CCCC2.I. The van der Waals surface area contributed by atoms with Crippen LogP contribution in [0.3, 0.4) is 0 Å². The average molecular weight is 495 g/mol. The largest absolute Gasteiger partial charge is 0.383 e. The van der Waals surface area contributed by atoms with E-state index in [1.54, 1.807) is 37.4 Å². The van der Waals surface area contributed by atoms with Crippen molar-refractivity contribution in [2.45, 2.75) is 32.2 Å². The molecule has 1 N–H and O–H groups in total. The molecule has 0 spiro atoms. The van der Waals surface area contributed by atoms with E-state index >= 15 is 0 Å². The third kappa shape index (κ3) is 6.99. The fourth-order valence-electron chi connectivity index (χ4n) is 2.61. The Balaban J connectivity index is 0.00000338. The number of ether oxygens (including phenoxy) is 1. The zero-order valence-electron chi connectivity index (χ0n) is 16.1. The summed E-state index contributed by atoms with van der Waals surface area (Å²) >= 11 is 1.80. The van der Waals surface area contributed by atoms with Crippen molar-refractivity contribution in [3.63, 3.8) is 0 Å². The Bertz CT molecular complexity index is 582. The first kappa shape index (κ1) is 23.1. The van der Waals surface area contributed by atoms with Gasteiger partial charge in [0.25, 0.3) is 0 Å². The first-order chi connectivity index (χ1) is 12.0. The number of likely N-dealkylation sites (N-methyl/N-ethyl adjacent to an activating group) is 1. The molecule has 0 unspecified atom stereocenters. The van der Waals surface area contributed by atoms with Crippen molar-refractivity contribution in [3.05, 3.63) is 15.6 Å². The molecule has 0 atom stereocenters. The van der Waals surface area contributed by atoms with Gasteiger partial charge in [-0.25, -0.2) is 9.98 Å². The first-order valence-electron chi connectivity index (χ1n) is 8.67. The second-order valence-electron chi connectivity index (χ2n) is 6.39. The molecule has 1 aromatic heterocycles. The normalized spacial score (nSPS) is 13.6. The van der Waals surface area contributed by atoms with Gasteiger partial charge in [0.15, 0.2) is 5.96 Å². The molecule has 0 aliphatic heterocycles. The van der Waals surface area contributed by atoms with Gasteiger partial charge in [0, 0.05) is 39.7 Å². The lowest BCUT2D eigenvalue weighted by atomic mass is 10.0. The summed E-state index contributed by atoms with van der Waals surface area (Å²) < 4.78 is 5.09. The van der Waals surface area contributed by atoms with Crippen LogP contribution in [0.15, 0.2) is 4.99 Å². The van der Waals surface area contributed by atoms with Crippen LogP contribution in [0.4, 0.5) is 0 Å². The number of aliphatic imine (C=N–C) groups is 1. The molecule has 9 heteroatoms. The minimum absolute atomic E-state index is 0. The molecule has 1 aliphatic carbocycles. The summed E-state index contributed by atoms with van der Waals surface area (Å²) in [6, 6.07) is 0. The van der Waals surface area contributed by atoms with Crippen LogP contribution in [0, 0.1) is 0 Å². The van der Waals surface area contributed by atoms with E-state index in [0.29, 0.717) is 25.7 Å². The summed E-state index contributed by atoms with van der Waals surface area (Å²) in [5, 5.41) is 4.36. The minimum atomic E-state index is -0.0239. The van der Waals surface area contributed by atoms with E-state index in [1.165, 1.54) is 23.4 Å². The Morgan fingerprint density at radius 3 is 2.69 bits per heavy atom. The Labute approximate surface area is 177 Å². The van der Waals surface area contributed by atoms with Gasteiger partial charge >= 0.3 is 0 Å². The molecule has 7 nitrogen and oxygen atoms in total. The summed E-state index contributed by atoms with van der Waals surface area (Å²) in [5.74, 6) is 0.671. The van der Waals surface area contributed by atoms with Gasteiger partial charge in [0.2, 0.25) is 5.91 Å². The van der Waals surface area contributed by atoms with Gasteiger partial charge in [0.05, 0.1) is 18.8 Å². The number of amides is 1. The number of halogens is 1. The number of nitrogens with zero attached hydrogens (tertiary/aromatic N) is 4. The van der Waals surface area contributed by atoms with Crippen molar-refractivity contribution in [1.82, 2.24) is 20.1 Å². The van der Waals surface area contributed by atoms with Gasteiger partial charge in [-0.05, 0) is 25.7 Å². The predicted octanol–water partition coefficient (Wildman–Crippen LogP) is 1.75. The summed E-state index contributed by atoms with van der Waals surface area (Å²) in [6.45, 7) is 2.04. The monoisotopic (exact) mass is 495 g/mol. The number of aryl methyl sites for hydroxylation is 2. The number of rotatable bonds is 7. The number of carbonyl (C=O) groups excluding carboxylic acids is 1. The van der Waals surface area contributed by atoms with Crippen molar-refractivity contribution < 1.29 is 9.53 Å². The molecule has 0 aromatic carbocycles. The smallest absolute Gasteiger partial charge is 0.243 e. The highest BCUT2D eigenvalue weighted by Crippen LogP contribution is 2.27. The lowest BCUT2D eigenvalue weighted by Crippen LogP contribution is -2.41. The number of methoxy groups -OCH3 is 1. The molecule has 0 fully saturated rings. The number of nitrogens with one attached hydrogen (secondary N) is 1. The highest BCUT2D eigenvalue weighted by atomic mass is 127. The quantitative estimate of drug-likeness (QED) is 0.270. The fourth-order valence-corrected chi connectivity index (χ4v) is 3.82. The van der Waals surface area contributed by atoms with Crippen molar-refractivity contribution in [3.8, 4) is 0 Å². The molecular formula is C17H30IN5O2S. The molecule has 1 heterocycles. The van der Waals surface area contributed by atoms with Gasteiger partial charge in [-0.2, -0.15) is 0 Å². The molecule has 0 saturated carbocycles.